The third kappa shape index (κ3) is 6.57. The third-order valence-electron chi connectivity index (χ3n) is 13.0. The summed E-state index contributed by atoms with van der Waals surface area (Å²) in [6.45, 7) is 2.98. The fourth-order valence-corrected chi connectivity index (χ4v) is 9.52. The lowest BCUT2D eigenvalue weighted by Gasteiger charge is -2.37. The molecule has 2 aliphatic carbocycles. The van der Waals surface area contributed by atoms with E-state index in [9.17, 15) is 29.4 Å². The highest BCUT2D eigenvalue weighted by Gasteiger charge is 2.51. The molecule has 6 heterocycles. The average molecular weight is 893 g/mol. The maximum atomic E-state index is 13.6. The molecule has 12 rings (SSSR count). The van der Waals surface area contributed by atoms with Gasteiger partial charge in [-0.05, 0) is 85.3 Å². The van der Waals surface area contributed by atoms with Crippen molar-refractivity contribution in [2.45, 2.75) is 51.2 Å². The lowest BCUT2D eigenvalue weighted by molar-refractivity contribution is -0.152. The summed E-state index contributed by atoms with van der Waals surface area (Å²) in [6.07, 6.45) is 3.89. The molecule has 2 saturated heterocycles. The Balaban J connectivity index is 0.000000146. The fourth-order valence-electron chi connectivity index (χ4n) is 9.52. The Kier molecular flexibility index (Phi) is 10.1. The maximum absolute atomic E-state index is 13.6. The molecule has 4 aromatic carbocycles. The smallest absolute Gasteiger partial charge is 0.275 e. The zero-order valence-corrected chi connectivity index (χ0v) is 36.0. The van der Waals surface area contributed by atoms with Gasteiger partial charge in [-0.25, -0.2) is 0 Å². The van der Waals surface area contributed by atoms with Crippen LogP contribution >= 0.6 is 0 Å². The monoisotopic (exact) mass is 892 g/mol. The van der Waals surface area contributed by atoms with Crippen molar-refractivity contribution in [1.29, 1.82) is 0 Å². The van der Waals surface area contributed by atoms with Crippen LogP contribution in [0.3, 0.4) is 0 Å². The van der Waals surface area contributed by atoms with Gasteiger partial charge in [-0.15, -0.1) is 0 Å². The normalized spacial score (nSPS) is 21.8. The molecule has 0 spiro atoms. The second-order valence-electron chi connectivity index (χ2n) is 16.9. The molecule has 4 atom stereocenters. The van der Waals surface area contributed by atoms with Gasteiger partial charge >= 0.3 is 0 Å². The fraction of sp³-hybridized carbons (Fsp3) is 0.280. The SMILES string of the molecule is C[C@H](CO)N1CC(=O)N2C(=C(C3=CCc4ccccc43)O[C@@H]2c2ccc3c(c2)OCO3)C1=O.C[C@H](CO)N1CC(=O)N2C(=C(C3=CCc4ccccc43)O[C@H]2c2ccc3c(c2)OCO3)C1=O. The number of piperazine rings is 2. The molecular weight excluding hydrogens is 849 g/mol. The minimum Gasteiger partial charge on any atom is -0.463 e. The molecule has 0 aromatic heterocycles. The zero-order chi connectivity index (χ0) is 45.4. The summed E-state index contributed by atoms with van der Waals surface area (Å²) in [5.74, 6) is 1.96. The number of hydrogen-bond donors (Lipinski definition) is 2. The van der Waals surface area contributed by atoms with E-state index in [0.29, 0.717) is 45.6 Å². The summed E-state index contributed by atoms with van der Waals surface area (Å²) in [6, 6.07) is 25.7. The van der Waals surface area contributed by atoms with Gasteiger partial charge in [0.2, 0.25) is 37.9 Å². The first-order valence-corrected chi connectivity index (χ1v) is 21.8. The lowest BCUT2D eigenvalue weighted by atomic mass is 10.0. The van der Waals surface area contributed by atoms with E-state index < -0.39 is 24.5 Å². The van der Waals surface area contributed by atoms with E-state index in [4.69, 9.17) is 28.4 Å². The predicted molar refractivity (Wildman–Crippen MR) is 233 cm³/mol. The molecule has 2 N–H and O–H groups in total. The highest BCUT2D eigenvalue weighted by Crippen LogP contribution is 2.50. The standard InChI is InChI=1S/2C25H22N2O6/c2*1-14(12-28)26-11-21(29)27-22(24(26)30)23(18-8-6-15-4-2-3-5-17(15)18)33-25(27)16-7-9-19-20(10-16)32-13-31-19/h2*2-5,7-10,14,25,28H,6,11-13H2,1H3/t14-,25+;14-,25-/m11/s1. The quantitative estimate of drug-likeness (QED) is 0.250. The number of fused-ring (bicyclic) bond motifs is 6. The Labute approximate surface area is 378 Å². The van der Waals surface area contributed by atoms with Gasteiger partial charge in [0.1, 0.15) is 13.1 Å². The third-order valence-corrected chi connectivity index (χ3v) is 13.0. The Morgan fingerprint density at radius 1 is 0.561 bits per heavy atom. The molecule has 0 radical (unpaired) electrons. The summed E-state index contributed by atoms with van der Waals surface area (Å²) in [4.78, 5) is 59.6. The van der Waals surface area contributed by atoms with Gasteiger partial charge < -0.3 is 48.4 Å². The van der Waals surface area contributed by atoms with Crippen LogP contribution in [0.1, 0.15) is 59.7 Å². The van der Waals surface area contributed by atoms with Crippen molar-refractivity contribution < 1.29 is 57.8 Å². The van der Waals surface area contributed by atoms with Crippen LogP contribution in [0.25, 0.3) is 11.1 Å². The highest BCUT2D eigenvalue weighted by atomic mass is 16.7. The Bertz CT molecular complexity index is 2690. The van der Waals surface area contributed by atoms with E-state index in [0.717, 1.165) is 46.2 Å². The second-order valence-corrected chi connectivity index (χ2v) is 16.9. The van der Waals surface area contributed by atoms with E-state index >= 15 is 0 Å². The molecule has 0 saturated carbocycles. The molecule has 16 heteroatoms. The van der Waals surface area contributed by atoms with Gasteiger partial charge in [-0.1, -0.05) is 60.7 Å². The molecule has 4 amide bonds. The number of amides is 4. The van der Waals surface area contributed by atoms with Crippen LogP contribution in [0, 0.1) is 0 Å². The number of aliphatic hydroxyl groups is 2. The Morgan fingerprint density at radius 3 is 1.39 bits per heavy atom. The number of carbonyl (C=O) groups is 4. The van der Waals surface area contributed by atoms with Gasteiger partial charge in [0.05, 0.1) is 25.3 Å². The summed E-state index contributed by atoms with van der Waals surface area (Å²) >= 11 is 0. The number of benzene rings is 4. The Hall–Kier alpha value is -7.56. The van der Waals surface area contributed by atoms with Crippen LogP contribution < -0.4 is 18.9 Å². The Morgan fingerprint density at radius 2 is 0.970 bits per heavy atom. The molecule has 0 unspecified atom stereocenters. The number of hydrogen-bond acceptors (Lipinski definition) is 12. The molecular formula is C50H44N4O12. The minimum absolute atomic E-state index is 0.128. The average Bonchev–Trinajstić information content (AvgIpc) is 4.21. The van der Waals surface area contributed by atoms with Gasteiger partial charge in [-0.3, -0.25) is 29.0 Å². The van der Waals surface area contributed by atoms with Crippen LogP contribution in [0.5, 0.6) is 23.0 Å². The first kappa shape index (κ1) is 41.2. The lowest BCUT2D eigenvalue weighted by Crippen LogP contribution is -2.55. The van der Waals surface area contributed by atoms with Crippen molar-refractivity contribution in [2.75, 3.05) is 39.9 Å². The molecule has 2 fully saturated rings. The predicted octanol–water partition coefficient (Wildman–Crippen LogP) is 4.69. The van der Waals surface area contributed by atoms with E-state index in [1.54, 1.807) is 38.1 Å². The van der Waals surface area contributed by atoms with Gasteiger partial charge in [0.25, 0.3) is 11.8 Å². The summed E-state index contributed by atoms with van der Waals surface area (Å²) in [5, 5.41) is 19.3. The largest absolute Gasteiger partial charge is 0.463 e. The number of nitrogens with zero attached hydrogens (tertiary/aromatic N) is 4. The van der Waals surface area contributed by atoms with Crippen LogP contribution in [-0.2, 0) is 41.5 Å². The number of allylic oxidation sites excluding steroid dienone is 4. The number of ether oxygens (including phenoxy) is 6. The number of carbonyl (C=O) groups excluding carboxylic acids is 4. The van der Waals surface area contributed by atoms with E-state index in [1.807, 2.05) is 72.8 Å². The number of rotatable bonds is 8. The van der Waals surface area contributed by atoms with Crippen molar-refractivity contribution in [3.8, 4) is 23.0 Å². The van der Waals surface area contributed by atoms with Crippen LogP contribution in [-0.4, -0.2) is 105 Å². The molecule has 8 aliphatic rings. The molecule has 6 aliphatic heterocycles. The molecule has 4 aromatic rings. The minimum atomic E-state index is -0.804. The molecule has 66 heavy (non-hydrogen) atoms. The van der Waals surface area contributed by atoms with Gasteiger partial charge in [0, 0.05) is 22.3 Å². The van der Waals surface area contributed by atoms with E-state index in [2.05, 4.69) is 0 Å². The number of aliphatic hydroxyl groups excluding tert-OH is 2. The molecule has 336 valence electrons. The first-order valence-electron chi connectivity index (χ1n) is 21.8. The summed E-state index contributed by atoms with van der Waals surface area (Å²) < 4.78 is 34.6. The van der Waals surface area contributed by atoms with Crippen molar-refractivity contribution in [3.05, 3.63) is 153 Å². The molecule has 0 bridgehead atoms. The summed E-state index contributed by atoms with van der Waals surface area (Å²) in [7, 11) is 0. The highest BCUT2D eigenvalue weighted by molar-refractivity contribution is 6.08. The van der Waals surface area contributed by atoms with Crippen molar-refractivity contribution in [2.24, 2.45) is 0 Å². The molecule has 16 nitrogen and oxygen atoms in total. The van der Waals surface area contributed by atoms with Crippen molar-refractivity contribution in [3.63, 3.8) is 0 Å². The zero-order valence-electron chi connectivity index (χ0n) is 36.0. The van der Waals surface area contributed by atoms with Gasteiger partial charge in [0.15, 0.2) is 45.9 Å². The van der Waals surface area contributed by atoms with Gasteiger partial charge in [-0.2, -0.15) is 0 Å². The van der Waals surface area contributed by atoms with E-state index in [-0.39, 0.29) is 74.9 Å². The van der Waals surface area contributed by atoms with Crippen LogP contribution in [0.15, 0.2) is 120 Å². The first-order chi connectivity index (χ1) is 32.1. The van der Waals surface area contributed by atoms with Crippen molar-refractivity contribution in [1.82, 2.24) is 19.6 Å². The topological polar surface area (TPSA) is 177 Å². The second kappa shape index (κ2) is 16.2. The summed E-state index contributed by atoms with van der Waals surface area (Å²) in [5.41, 5.74) is 7.62. The van der Waals surface area contributed by atoms with Crippen molar-refractivity contribution >= 4 is 34.8 Å². The van der Waals surface area contributed by atoms with Crippen LogP contribution in [0.2, 0.25) is 0 Å². The maximum Gasteiger partial charge on any atom is 0.275 e. The van der Waals surface area contributed by atoms with Crippen LogP contribution in [0.4, 0.5) is 0 Å². The van der Waals surface area contributed by atoms with E-state index in [1.165, 1.54) is 19.6 Å².